The van der Waals surface area contributed by atoms with Gasteiger partial charge in [-0.3, -0.25) is 0 Å². The van der Waals surface area contributed by atoms with Crippen LogP contribution in [0.1, 0.15) is 42.8 Å². The zero-order chi connectivity index (χ0) is 26.0. The summed E-state index contributed by atoms with van der Waals surface area (Å²) in [6.07, 6.45) is -3.87. The summed E-state index contributed by atoms with van der Waals surface area (Å²) in [4.78, 5) is 29.7. The fourth-order valence-electron chi connectivity index (χ4n) is 3.71. The van der Waals surface area contributed by atoms with Crippen LogP contribution in [-0.4, -0.2) is 14.7 Å². The first-order valence-electron chi connectivity index (χ1n) is 11.0. The molecule has 0 saturated heterocycles. The van der Waals surface area contributed by atoms with Crippen LogP contribution in [0.25, 0.3) is 22.7 Å². The Bertz CT molecular complexity index is 1520. The topological polar surface area (TPSA) is 103 Å². The average molecular weight is 501 g/mol. The molecule has 36 heavy (non-hydrogen) atoms. The maximum Gasteiger partial charge on any atom is 0.440 e. The molecule has 0 amide bonds. The lowest BCUT2D eigenvalue weighted by Gasteiger charge is -2.12. The number of aromatic amines is 1. The molecule has 0 saturated carbocycles. The second-order valence-corrected chi connectivity index (χ2v) is 7.93. The molecule has 0 unspecified atom stereocenters. The van der Waals surface area contributed by atoms with Gasteiger partial charge in [-0.25, -0.2) is 19.6 Å². The van der Waals surface area contributed by atoms with Crippen LogP contribution in [0.15, 0.2) is 67.1 Å². The van der Waals surface area contributed by atoms with E-state index in [1.165, 1.54) is 12.1 Å². The predicted octanol–water partition coefficient (Wildman–Crippen LogP) is 5.49. The minimum atomic E-state index is -4.42. The molecule has 2 heterocycles. The van der Waals surface area contributed by atoms with Gasteiger partial charge in [0.1, 0.15) is 23.8 Å². The number of rotatable bonds is 7. The van der Waals surface area contributed by atoms with Crippen molar-refractivity contribution >= 4 is 11.3 Å². The summed E-state index contributed by atoms with van der Waals surface area (Å²) in [5.41, 5.74) is 1.50. The highest BCUT2D eigenvalue weighted by atomic mass is 19.4. The lowest BCUT2D eigenvalue weighted by molar-refractivity contribution is -0.137. The van der Waals surface area contributed by atoms with E-state index < -0.39 is 23.2 Å². The van der Waals surface area contributed by atoms with Crippen molar-refractivity contribution in [1.82, 2.24) is 14.7 Å². The third-order valence-electron chi connectivity index (χ3n) is 5.57. The average Bonchev–Trinajstić information content (AvgIpc) is 3.38. The first kappa shape index (κ1) is 24.8. The monoisotopic (exact) mass is 501 g/mol. The highest BCUT2D eigenvalue weighted by molar-refractivity contribution is 5.82. The number of alkyl halides is 3. The SMILES string of the molecule is CC/C(=C(\C)n1oc(=O)[nH]c1=O)c1cccc(OCc2nc(-c3ccc(C(F)(F)F)cc3)oc2C)c1. The van der Waals surface area contributed by atoms with Crippen LogP contribution in [0.3, 0.4) is 0 Å². The molecule has 0 bridgehead atoms. The van der Waals surface area contributed by atoms with Crippen LogP contribution in [-0.2, 0) is 12.8 Å². The van der Waals surface area contributed by atoms with Crippen molar-refractivity contribution in [3.8, 4) is 17.2 Å². The first-order chi connectivity index (χ1) is 17.1. The van der Waals surface area contributed by atoms with Crippen molar-refractivity contribution in [2.24, 2.45) is 0 Å². The van der Waals surface area contributed by atoms with Gasteiger partial charge >= 0.3 is 17.6 Å². The predicted molar refractivity (Wildman–Crippen MR) is 125 cm³/mol. The summed E-state index contributed by atoms with van der Waals surface area (Å²) in [7, 11) is 0. The van der Waals surface area contributed by atoms with Crippen LogP contribution in [0.2, 0.25) is 0 Å². The molecule has 0 fully saturated rings. The Labute approximate surface area is 202 Å². The van der Waals surface area contributed by atoms with Crippen LogP contribution in [0.4, 0.5) is 13.2 Å². The van der Waals surface area contributed by atoms with Gasteiger partial charge in [-0.2, -0.15) is 13.2 Å². The Hall–Kier alpha value is -4.28. The van der Waals surface area contributed by atoms with E-state index in [9.17, 15) is 22.8 Å². The van der Waals surface area contributed by atoms with Gasteiger partial charge in [0.15, 0.2) is 0 Å². The van der Waals surface area contributed by atoms with E-state index in [2.05, 4.69) is 9.97 Å². The van der Waals surface area contributed by atoms with Gasteiger partial charge in [0, 0.05) is 5.56 Å². The smallest absolute Gasteiger partial charge is 0.440 e. The molecule has 0 spiro atoms. The van der Waals surface area contributed by atoms with Crippen LogP contribution < -0.4 is 16.2 Å². The van der Waals surface area contributed by atoms with Gasteiger partial charge in [0.25, 0.3) is 0 Å². The Kier molecular flexibility index (Phi) is 6.73. The van der Waals surface area contributed by atoms with Gasteiger partial charge in [0.2, 0.25) is 5.89 Å². The van der Waals surface area contributed by atoms with Crippen molar-refractivity contribution < 1.29 is 26.8 Å². The molecule has 188 valence electrons. The molecule has 1 N–H and O–H groups in total. The van der Waals surface area contributed by atoms with E-state index in [4.69, 9.17) is 13.7 Å². The van der Waals surface area contributed by atoms with Crippen molar-refractivity contribution in [3.63, 3.8) is 0 Å². The van der Waals surface area contributed by atoms with E-state index in [0.29, 0.717) is 34.9 Å². The second-order valence-electron chi connectivity index (χ2n) is 7.93. The van der Waals surface area contributed by atoms with Gasteiger partial charge in [-0.05, 0) is 67.8 Å². The lowest BCUT2D eigenvalue weighted by Crippen LogP contribution is -2.16. The molecular formula is C25H22F3N3O5. The second kappa shape index (κ2) is 9.76. The van der Waals surface area contributed by atoms with Crippen LogP contribution in [0.5, 0.6) is 5.75 Å². The highest BCUT2D eigenvalue weighted by Gasteiger charge is 2.30. The number of hydrogen-bond acceptors (Lipinski definition) is 6. The molecule has 0 aliphatic heterocycles. The van der Waals surface area contributed by atoms with Crippen molar-refractivity contribution in [3.05, 3.63) is 92.1 Å². The lowest BCUT2D eigenvalue weighted by atomic mass is 10.0. The molecule has 2 aromatic heterocycles. The van der Waals surface area contributed by atoms with E-state index in [-0.39, 0.29) is 12.5 Å². The van der Waals surface area contributed by atoms with Crippen LogP contribution in [0, 0.1) is 6.92 Å². The molecule has 8 nitrogen and oxygen atoms in total. The number of nitrogens with zero attached hydrogens (tertiary/aromatic N) is 2. The fraction of sp³-hybridized carbons (Fsp3) is 0.240. The first-order valence-corrected chi connectivity index (χ1v) is 11.0. The largest absolute Gasteiger partial charge is 0.487 e. The summed E-state index contributed by atoms with van der Waals surface area (Å²) < 4.78 is 55.8. The number of allylic oxidation sites excluding steroid dienone is 2. The molecule has 11 heteroatoms. The van der Waals surface area contributed by atoms with Crippen molar-refractivity contribution in [2.75, 3.05) is 0 Å². The summed E-state index contributed by atoms with van der Waals surface area (Å²) in [6.45, 7) is 5.34. The van der Waals surface area contributed by atoms with Gasteiger partial charge in [-0.1, -0.05) is 19.1 Å². The quantitative estimate of drug-likeness (QED) is 0.359. The number of halogens is 3. The van der Waals surface area contributed by atoms with E-state index >= 15 is 0 Å². The molecule has 4 rings (SSSR count). The molecule has 0 atom stereocenters. The Morgan fingerprint density at radius 3 is 2.47 bits per heavy atom. The number of nitrogens with one attached hydrogen (secondary N) is 1. The van der Waals surface area contributed by atoms with Crippen molar-refractivity contribution in [1.29, 1.82) is 0 Å². The molecule has 0 radical (unpaired) electrons. The number of aryl methyl sites for hydroxylation is 1. The number of H-pyrrole nitrogens is 1. The fourth-order valence-corrected chi connectivity index (χ4v) is 3.71. The standard InChI is InChI=1S/C25H22F3N3O5/c1-4-20(14(2)31-23(32)30-24(33)36-31)17-6-5-7-19(12-17)34-13-21-15(3)35-22(29-21)16-8-10-18(11-9-16)25(26,27)28/h5-12H,4,13H2,1-3H3,(H,30,32,33)/b20-14-. The minimum absolute atomic E-state index is 0.0652. The summed E-state index contributed by atoms with van der Waals surface area (Å²) in [5, 5.41) is 0. The zero-order valence-electron chi connectivity index (χ0n) is 19.6. The molecule has 2 aromatic carbocycles. The molecule has 4 aromatic rings. The number of aromatic nitrogens is 3. The van der Waals surface area contributed by atoms with Crippen molar-refractivity contribution in [2.45, 2.75) is 40.0 Å². The Morgan fingerprint density at radius 1 is 1.14 bits per heavy atom. The summed E-state index contributed by atoms with van der Waals surface area (Å²) >= 11 is 0. The minimum Gasteiger partial charge on any atom is -0.487 e. The summed E-state index contributed by atoms with van der Waals surface area (Å²) in [5.74, 6) is 0.352. The van der Waals surface area contributed by atoms with E-state index in [1.807, 2.05) is 13.0 Å². The number of hydrogen-bond donors (Lipinski definition) is 1. The van der Waals surface area contributed by atoms with Crippen LogP contribution >= 0.6 is 0 Å². The summed E-state index contributed by atoms with van der Waals surface area (Å²) in [6, 6.07) is 11.7. The third-order valence-corrected chi connectivity index (χ3v) is 5.57. The normalized spacial score (nSPS) is 12.5. The van der Waals surface area contributed by atoms with Gasteiger partial charge in [0.05, 0.1) is 11.3 Å². The molecule has 0 aliphatic rings. The number of oxazole rings is 1. The Morgan fingerprint density at radius 2 is 1.86 bits per heavy atom. The van der Waals surface area contributed by atoms with Gasteiger partial charge < -0.3 is 13.7 Å². The maximum atomic E-state index is 12.8. The number of benzene rings is 2. The third kappa shape index (κ3) is 5.19. The van der Waals surface area contributed by atoms with E-state index in [0.717, 1.165) is 28.0 Å². The zero-order valence-corrected chi connectivity index (χ0v) is 19.6. The molecular weight excluding hydrogens is 479 g/mol. The maximum absolute atomic E-state index is 12.8. The molecule has 0 aliphatic carbocycles. The highest BCUT2D eigenvalue weighted by Crippen LogP contribution is 2.32. The van der Waals surface area contributed by atoms with E-state index in [1.54, 1.807) is 32.0 Å². The Balaban J connectivity index is 1.53. The number of ether oxygens (including phenoxy) is 1. The van der Waals surface area contributed by atoms with Gasteiger partial charge in [-0.15, -0.1) is 4.74 Å².